The average molecular weight is 277 g/mol. The number of rotatable bonds is 3. The highest BCUT2D eigenvalue weighted by Gasteiger charge is 2.24. The van der Waals surface area contributed by atoms with Gasteiger partial charge < -0.3 is 9.52 Å². The van der Waals surface area contributed by atoms with Crippen molar-refractivity contribution in [1.82, 2.24) is 4.90 Å². The summed E-state index contributed by atoms with van der Waals surface area (Å²) in [6.45, 7) is 2.39. The Bertz CT molecular complexity index is 644. The van der Waals surface area contributed by atoms with Gasteiger partial charge in [-0.05, 0) is 32.0 Å². The number of hydrogen-bond acceptors (Lipinski definition) is 3. The molecule has 0 spiro atoms. The number of carboxylic acid groups (broad SMARTS) is 1. The number of piperidine rings is 1. The lowest BCUT2D eigenvalue weighted by Crippen LogP contribution is -2.29. The molecule has 0 saturated carbocycles. The monoisotopic (exact) mass is 277 g/mol. The van der Waals surface area contributed by atoms with E-state index in [0.717, 1.165) is 25.9 Å². The Hall–Kier alpha value is -1.88. The van der Waals surface area contributed by atoms with Crippen molar-refractivity contribution in [2.24, 2.45) is 0 Å². The van der Waals surface area contributed by atoms with Gasteiger partial charge in [-0.25, -0.2) is 9.18 Å². The first-order valence-electron chi connectivity index (χ1n) is 6.82. The Morgan fingerprint density at radius 3 is 2.75 bits per heavy atom. The largest absolute Gasteiger partial charge is 0.475 e. The van der Waals surface area contributed by atoms with Gasteiger partial charge in [0.15, 0.2) is 11.4 Å². The van der Waals surface area contributed by atoms with Gasteiger partial charge in [-0.1, -0.05) is 18.6 Å². The smallest absolute Gasteiger partial charge is 0.372 e. The zero-order valence-electron chi connectivity index (χ0n) is 11.1. The number of hydrogen-bond donors (Lipinski definition) is 1. The van der Waals surface area contributed by atoms with Crippen LogP contribution in [0.3, 0.4) is 0 Å². The quantitative estimate of drug-likeness (QED) is 0.935. The molecule has 0 bridgehead atoms. The molecular formula is C15H16FNO3. The van der Waals surface area contributed by atoms with Crippen molar-refractivity contribution in [3.05, 3.63) is 35.3 Å². The number of nitrogens with zero attached hydrogens (tertiary/aromatic N) is 1. The van der Waals surface area contributed by atoms with Crippen LogP contribution in [0.25, 0.3) is 11.0 Å². The summed E-state index contributed by atoms with van der Waals surface area (Å²) in [7, 11) is 0. The molecule has 4 nitrogen and oxygen atoms in total. The molecule has 1 aliphatic rings. The van der Waals surface area contributed by atoms with E-state index >= 15 is 0 Å². The van der Waals surface area contributed by atoms with Gasteiger partial charge in [0.05, 0.1) is 0 Å². The second-order valence-corrected chi connectivity index (χ2v) is 5.17. The van der Waals surface area contributed by atoms with E-state index in [4.69, 9.17) is 4.42 Å². The summed E-state index contributed by atoms with van der Waals surface area (Å²) in [5.74, 6) is -1.81. The van der Waals surface area contributed by atoms with E-state index < -0.39 is 11.8 Å². The molecule has 2 aromatic rings. The van der Waals surface area contributed by atoms with Crippen molar-refractivity contribution < 1.29 is 18.7 Å². The zero-order chi connectivity index (χ0) is 14.1. The maximum absolute atomic E-state index is 13.7. The van der Waals surface area contributed by atoms with Crippen LogP contribution in [0.2, 0.25) is 0 Å². The minimum atomic E-state index is -1.15. The normalized spacial score (nSPS) is 16.6. The Labute approximate surface area is 115 Å². The van der Waals surface area contributed by atoms with E-state index in [1.807, 2.05) is 0 Å². The molecule has 0 aliphatic carbocycles. The second kappa shape index (κ2) is 5.25. The summed E-state index contributed by atoms with van der Waals surface area (Å²) >= 11 is 0. The van der Waals surface area contributed by atoms with Gasteiger partial charge in [0, 0.05) is 17.5 Å². The number of fused-ring (bicyclic) bond motifs is 1. The lowest BCUT2D eigenvalue weighted by atomic mass is 10.1. The van der Waals surface area contributed by atoms with Gasteiger partial charge in [-0.2, -0.15) is 0 Å². The van der Waals surface area contributed by atoms with Crippen molar-refractivity contribution >= 4 is 16.9 Å². The van der Waals surface area contributed by atoms with Crippen LogP contribution in [0.5, 0.6) is 0 Å². The molecule has 20 heavy (non-hydrogen) atoms. The molecule has 1 N–H and O–H groups in total. The third-order valence-electron chi connectivity index (χ3n) is 3.79. The van der Waals surface area contributed by atoms with Gasteiger partial charge in [-0.3, -0.25) is 4.90 Å². The minimum Gasteiger partial charge on any atom is -0.475 e. The average Bonchev–Trinajstić information content (AvgIpc) is 2.81. The molecule has 1 fully saturated rings. The first-order valence-corrected chi connectivity index (χ1v) is 6.82. The van der Waals surface area contributed by atoms with E-state index in [-0.39, 0.29) is 11.3 Å². The molecule has 1 aromatic carbocycles. The fraction of sp³-hybridized carbons (Fsp3) is 0.400. The van der Waals surface area contributed by atoms with Crippen LogP contribution >= 0.6 is 0 Å². The molecule has 1 aliphatic heterocycles. The third kappa shape index (κ3) is 2.29. The van der Waals surface area contributed by atoms with E-state index in [1.165, 1.54) is 12.5 Å². The molecule has 5 heteroatoms. The molecule has 0 atom stereocenters. The SMILES string of the molecule is O=C(O)c1oc2c(F)cccc2c1CN1CCCCC1. The molecular weight excluding hydrogens is 261 g/mol. The maximum atomic E-state index is 13.7. The highest BCUT2D eigenvalue weighted by Crippen LogP contribution is 2.29. The molecule has 0 amide bonds. The molecule has 106 valence electrons. The standard InChI is InChI=1S/C15H16FNO3/c16-12-6-4-5-10-11(9-17-7-2-1-3-8-17)14(15(18)19)20-13(10)12/h4-6H,1-3,7-9H2,(H,18,19). The molecule has 1 aromatic heterocycles. The van der Waals surface area contributed by atoms with E-state index in [9.17, 15) is 14.3 Å². The van der Waals surface area contributed by atoms with Gasteiger partial charge in [-0.15, -0.1) is 0 Å². The number of aromatic carboxylic acids is 1. The van der Waals surface area contributed by atoms with Gasteiger partial charge in [0.25, 0.3) is 0 Å². The molecule has 0 unspecified atom stereocenters. The topological polar surface area (TPSA) is 53.7 Å². The van der Waals surface area contributed by atoms with Crippen LogP contribution in [-0.4, -0.2) is 29.1 Å². The Kier molecular flexibility index (Phi) is 3.44. The molecule has 2 heterocycles. The fourth-order valence-electron chi connectivity index (χ4n) is 2.81. The second-order valence-electron chi connectivity index (χ2n) is 5.17. The minimum absolute atomic E-state index is 0.0388. The van der Waals surface area contributed by atoms with Crippen LogP contribution < -0.4 is 0 Å². The van der Waals surface area contributed by atoms with Gasteiger partial charge in [0.1, 0.15) is 0 Å². The van der Waals surface area contributed by atoms with Crippen LogP contribution in [0, 0.1) is 5.82 Å². The Morgan fingerprint density at radius 1 is 1.30 bits per heavy atom. The summed E-state index contributed by atoms with van der Waals surface area (Å²) in [5.41, 5.74) is 0.616. The number of likely N-dealkylation sites (tertiary alicyclic amines) is 1. The predicted molar refractivity (Wildman–Crippen MR) is 72.3 cm³/mol. The molecule has 0 radical (unpaired) electrons. The number of carbonyl (C=O) groups is 1. The highest BCUT2D eigenvalue weighted by atomic mass is 19.1. The van der Waals surface area contributed by atoms with Crippen LogP contribution in [0.4, 0.5) is 4.39 Å². The van der Waals surface area contributed by atoms with E-state index in [2.05, 4.69) is 4.90 Å². The first-order chi connectivity index (χ1) is 9.66. The summed E-state index contributed by atoms with van der Waals surface area (Å²) < 4.78 is 19.0. The lowest BCUT2D eigenvalue weighted by molar-refractivity contribution is 0.0661. The maximum Gasteiger partial charge on any atom is 0.372 e. The van der Waals surface area contributed by atoms with E-state index in [1.54, 1.807) is 12.1 Å². The Morgan fingerprint density at radius 2 is 2.05 bits per heavy atom. The number of halogens is 1. The third-order valence-corrected chi connectivity index (χ3v) is 3.79. The van der Waals surface area contributed by atoms with Crippen molar-refractivity contribution in [3.8, 4) is 0 Å². The molecule has 3 rings (SSSR count). The van der Waals surface area contributed by atoms with Crippen molar-refractivity contribution in [1.29, 1.82) is 0 Å². The fourth-order valence-corrected chi connectivity index (χ4v) is 2.81. The van der Waals surface area contributed by atoms with Crippen molar-refractivity contribution in [3.63, 3.8) is 0 Å². The predicted octanol–water partition coefficient (Wildman–Crippen LogP) is 3.26. The zero-order valence-corrected chi connectivity index (χ0v) is 11.1. The van der Waals surface area contributed by atoms with Crippen LogP contribution in [-0.2, 0) is 6.54 Å². The summed E-state index contributed by atoms with van der Waals surface area (Å²) in [5, 5.41) is 9.82. The first kappa shape index (κ1) is 13.1. The van der Waals surface area contributed by atoms with E-state index in [0.29, 0.717) is 17.5 Å². The number of furan rings is 1. The number of carboxylic acids is 1. The van der Waals surface area contributed by atoms with Gasteiger partial charge >= 0.3 is 5.97 Å². The van der Waals surface area contributed by atoms with Crippen LogP contribution in [0.15, 0.2) is 22.6 Å². The molecule has 1 saturated heterocycles. The lowest BCUT2D eigenvalue weighted by Gasteiger charge is -2.26. The van der Waals surface area contributed by atoms with Crippen LogP contribution in [0.1, 0.15) is 35.4 Å². The van der Waals surface area contributed by atoms with Crippen molar-refractivity contribution in [2.75, 3.05) is 13.1 Å². The van der Waals surface area contributed by atoms with Gasteiger partial charge in [0.2, 0.25) is 5.76 Å². The number of para-hydroxylation sites is 1. The van der Waals surface area contributed by atoms with Crippen molar-refractivity contribution in [2.45, 2.75) is 25.8 Å². The highest BCUT2D eigenvalue weighted by molar-refractivity contribution is 5.95. The summed E-state index contributed by atoms with van der Waals surface area (Å²) in [4.78, 5) is 13.5. The summed E-state index contributed by atoms with van der Waals surface area (Å²) in [6, 6.07) is 4.58. The summed E-state index contributed by atoms with van der Waals surface area (Å²) in [6.07, 6.45) is 3.45. The Balaban J connectivity index is 2.04. The number of benzene rings is 1.